The Morgan fingerprint density at radius 1 is 1.13 bits per heavy atom. The number of carbonyl (C=O) groups excluding carboxylic acids is 1. The van der Waals surface area contributed by atoms with Crippen LogP contribution in [-0.4, -0.2) is 20.6 Å². The number of nitrogens with one attached hydrogen (secondary N) is 1. The summed E-state index contributed by atoms with van der Waals surface area (Å²) in [5.41, 5.74) is 1.40. The predicted octanol–water partition coefficient (Wildman–Crippen LogP) is 4.02. The Labute approximate surface area is 182 Å². The summed E-state index contributed by atoms with van der Waals surface area (Å²) in [5.74, 6) is -0.966. The maximum absolute atomic E-state index is 12.7. The number of halogens is 2. The topological polar surface area (TPSA) is 84.2 Å². The van der Waals surface area contributed by atoms with Crippen molar-refractivity contribution < 1.29 is 9.90 Å². The summed E-state index contributed by atoms with van der Waals surface area (Å²) in [5, 5.41) is 13.8. The molecule has 152 valence electrons. The van der Waals surface area contributed by atoms with Gasteiger partial charge in [0.15, 0.2) is 5.69 Å². The smallest absolute Gasteiger partial charge is 0.296 e. The molecule has 0 atom stereocenters. The average molecular weight is 442 g/mol. The first-order valence-electron chi connectivity index (χ1n) is 9.27. The molecule has 1 amide bonds. The first-order valence-corrected chi connectivity index (χ1v) is 10.0. The van der Waals surface area contributed by atoms with E-state index >= 15 is 0 Å². The minimum atomic E-state index is -0.667. The van der Waals surface area contributed by atoms with Gasteiger partial charge in [-0.1, -0.05) is 65.7 Å². The second kappa shape index (κ2) is 8.34. The molecule has 1 aliphatic heterocycles. The molecule has 2 N–H and O–H groups in total. The van der Waals surface area contributed by atoms with Crippen LogP contribution in [0.25, 0.3) is 5.57 Å². The third kappa shape index (κ3) is 3.84. The van der Waals surface area contributed by atoms with Crippen LogP contribution in [0.1, 0.15) is 33.9 Å². The Kier molecular flexibility index (Phi) is 5.61. The average Bonchev–Trinajstić information content (AvgIpc) is 2.77. The summed E-state index contributed by atoms with van der Waals surface area (Å²) in [6.45, 7) is 0.521. The van der Waals surface area contributed by atoms with Crippen molar-refractivity contribution >= 4 is 34.7 Å². The van der Waals surface area contributed by atoms with Gasteiger partial charge in [0.2, 0.25) is 5.75 Å². The third-order valence-electron chi connectivity index (χ3n) is 4.82. The molecular formula is C22H17Cl2N3O3. The van der Waals surface area contributed by atoms with Gasteiger partial charge in [-0.05, 0) is 29.7 Å². The summed E-state index contributed by atoms with van der Waals surface area (Å²) in [6.07, 6.45) is 2.60. The van der Waals surface area contributed by atoms with E-state index in [2.05, 4.69) is 10.3 Å². The lowest BCUT2D eigenvalue weighted by Crippen LogP contribution is -2.32. The third-order valence-corrected chi connectivity index (χ3v) is 5.56. The van der Waals surface area contributed by atoms with Crippen LogP contribution in [0.5, 0.6) is 5.75 Å². The van der Waals surface area contributed by atoms with Crippen molar-refractivity contribution in [3.63, 3.8) is 0 Å². The van der Waals surface area contributed by atoms with Crippen LogP contribution in [0, 0.1) is 0 Å². The molecule has 6 nitrogen and oxygen atoms in total. The van der Waals surface area contributed by atoms with Crippen LogP contribution in [0.2, 0.25) is 10.0 Å². The van der Waals surface area contributed by atoms with Gasteiger partial charge >= 0.3 is 0 Å². The van der Waals surface area contributed by atoms with E-state index < -0.39 is 17.2 Å². The minimum absolute atomic E-state index is 0.136. The summed E-state index contributed by atoms with van der Waals surface area (Å²) >= 11 is 11.9. The summed E-state index contributed by atoms with van der Waals surface area (Å²) in [7, 11) is 0. The van der Waals surface area contributed by atoms with Gasteiger partial charge in [0.25, 0.3) is 11.5 Å². The zero-order valence-corrected chi connectivity index (χ0v) is 17.2. The van der Waals surface area contributed by atoms with Gasteiger partial charge in [-0.3, -0.25) is 14.2 Å². The maximum atomic E-state index is 12.7. The van der Waals surface area contributed by atoms with E-state index in [0.717, 1.165) is 16.7 Å². The van der Waals surface area contributed by atoms with Crippen LogP contribution in [0.15, 0.2) is 59.4 Å². The fraction of sp³-hybridized carbons (Fsp3) is 0.136. The van der Waals surface area contributed by atoms with E-state index in [-0.39, 0.29) is 12.2 Å². The molecule has 0 fully saturated rings. The first kappa shape index (κ1) is 20.2. The zero-order chi connectivity index (χ0) is 21.3. The molecule has 4 rings (SSSR count). The van der Waals surface area contributed by atoms with E-state index in [4.69, 9.17) is 23.2 Å². The van der Waals surface area contributed by atoms with Gasteiger partial charge in [-0.2, -0.15) is 0 Å². The Bertz CT molecular complexity index is 1220. The summed E-state index contributed by atoms with van der Waals surface area (Å²) in [4.78, 5) is 29.8. The number of amides is 1. The molecule has 0 spiro atoms. The second-order valence-electron chi connectivity index (χ2n) is 6.79. The van der Waals surface area contributed by atoms with Crippen molar-refractivity contribution in [2.75, 3.05) is 0 Å². The summed E-state index contributed by atoms with van der Waals surface area (Å²) in [6, 6.07) is 14.5. The second-order valence-corrected chi connectivity index (χ2v) is 7.61. The number of hydrogen-bond donors (Lipinski definition) is 2. The summed E-state index contributed by atoms with van der Waals surface area (Å²) < 4.78 is 1.40. The monoisotopic (exact) mass is 441 g/mol. The van der Waals surface area contributed by atoms with Crippen LogP contribution in [-0.2, 0) is 13.1 Å². The Hall–Kier alpha value is -3.09. The minimum Gasteiger partial charge on any atom is -0.501 e. The van der Waals surface area contributed by atoms with Crippen molar-refractivity contribution in [2.45, 2.75) is 19.5 Å². The molecule has 0 radical (unpaired) electrons. The molecule has 0 unspecified atom stereocenters. The Balaban J connectivity index is 1.67. The van der Waals surface area contributed by atoms with E-state index in [1.54, 1.807) is 18.2 Å². The number of hydrogen-bond acceptors (Lipinski definition) is 4. The normalized spacial score (nSPS) is 12.8. The highest BCUT2D eigenvalue weighted by Crippen LogP contribution is 2.27. The molecule has 1 aliphatic rings. The number of fused-ring (bicyclic) bond motifs is 1. The molecule has 30 heavy (non-hydrogen) atoms. The lowest BCUT2D eigenvalue weighted by atomic mass is 10.0. The van der Waals surface area contributed by atoms with Crippen molar-refractivity contribution in [1.29, 1.82) is 0 Å². The number of rotatable bonds is 4. The maximum Gasteiger partial charge on any atom is 0.296 e. The van der Waals surface area contributed by atoms with Crippen molar-refractivity contribution in [2.24, 2.45) is 0 Å². The molecule has 0 aliphatic carbocycles. The molecule has 2 heterocycles. The quantitative estimate of drug-likeness (QED) is 0.640. The number of allylic oxidation sites excluding steroid dienone is 1. The van der Waals surface area contributed by atoms with Crippen molar-refractivity contribution in [3.8, 4) is 5.75 Å². The Morgan fingerprint density at radius 3 is 2.63 bits per heavy atom. The van der Waals surface area contributed by atoms with Gasteiger partial charge in [0.1, 0.15) is 5.82 Å². The first-order chi connectivity index (χ1) is 14.5. The van der Waals surface area contributed by atoms with Gasteiger partial charge in [-0.25, -0.2) is 4.98 Å². The van der Waals surface area contributed by atoms with Crippen LogP contribution in [0.4, 0.5) is 0 Å². The van der Waals surface area contributed by atoms with Gasteiger partial charge in [0, 0.05) is 18.7 Å². The number of benzene rings is 2. The predicted molar refractivity (Wildman–Crippen MR) is 116 cm³/mol. The zero-order valence-electron chi connectivity index (χ0n) is 15.7. The molecule has 2 aromatic carbocycles. The fourth-order valence-electron chi connectivity index (χ4n) is 3.33. The van der Waals surface area contributed by atoms with Gasteiger partial charge in [-0.15, -0.1) is 0 Å². The SMILES string of the molecule is O=C(NCc1ccc(Cl)c(Cl)c1)c1nc2n(c(=O)c1O)CCC=C2c1ccccc1. The van der Waals surface area contributed by atoms with Crippen LogP contribution in [0.3, 0.4) is 0 Å². The van der Waals surface area contributed by atoms with Crippen LogP contribution >= 0.6 is 23.2 Å². The van der Waals surface area contributed by atoms with Crippen LogP contribution < -0.4 is 10.9 Å². The van der Waals surface area contributed by atoms with Gasteiger partial charge < -0.3 is 10.4 Å². The molecule has 0 bridgehead atoms. The number of nitrogens with zero attached hydrogens (tertiary/aromatic N) is 2. The molecular weight excluding hydrogens is 425 g/mol. The molecule has 1 aromatic heterocycles. The fourth-order valence-corrected chi connectivity index (χ4v) is 3.65. The van der Waals surface area contributed by atoms with E-state index in [1.807, 2.05) is 36.4 Å². The van der Waals surface area contributed by atoms with E-state index in [1.165, 1.54) is 4.57 Å². The lowest BCUT2D eigenvalue weighted by Gasteiger charge is -2.20. The highest BCUT2D eigenvalue weighted by Gasteiger charge is 2.25. The number of carbonyl (C=O) groups is 1. The van der Waals surface area contributed by atoms with E-state index in [9.17, 15) is 14.7 Å². The highest BCUT2D eigenvalue weighted by molar-refractivity contribution is 6.42. The van der Waals surface area contributed by atoms with Crippen molar-refractivity contribution in [1.82, 2.24) is 14.9 Å². The number of aromatic hydroxyl groups is 1. The van der Waals surface area contributed by atoms with Crippen molar-refractivity contribution in [3.05, 3.63) is 97.7 Å². The highest BCUT2D eigenvalue weighted by atomic mass is 35.5. The molecule has 0 saturated carbocycles. The van der Waals surface area contributed by atoms with Gasteiger partial charge in [0.05, 0.1) is 10.0 Å². The standard InChI is InChI=1S/C22H17Cl2N3O3/c23-16-9-8-13(11-17(16)24)12-25-21(29)18-19(28)22(30)27-10-4-7-15(20(27)26-18)14-5-2-1-3-6-14/h1-3,5-9,11,28H,4,10,12H2,(H,25,29). The lowest BCUT2D eigenvalue weighted by molar-refractivity contribution is 0.0942. The Morgan fingerprint density at radius 2 is 1.90 bits per heavy atom. The largest absolute Gasteiger partial charge is 0.501 e. The number of aromatic nitrogens is 2. The molecule has 3 aromatic rings. The van der Waals surface area contributed by atoms with E-state index in [0.29, 0.717) is 28.8 Å². The molecule has 0 saturated heterocycles. The molecule has 8 heteroatoms.